The van der Waals surface area contributed by atoms with Gasteiger partial charge >= 0.3 is 9.28 Å². The molecule has 0 aromatic heterocycles. The predicted octanol–water partition coefficient (Wildman–Crippen LogP) is 0.222. The monoisotopic (exact) mass is 205 g/mol. The van der Waals surface area contributed by atoms with Crippen LogP contribution in [-0.2, 0) is 8.85 Å². The SMILES string of the molecule is CCC(N)CO[Si](C)OCC(C)N. The summed E-state index contributed by atoms with van der Waals surface area (Å²) in [5, 5.41) is 0. The Balaban J connectivity index is 3.34. The van der Waals surface area contributed by atoms with Crippen LogP contribution in [0.4, 0.5) is 0 Å². The van der Waals surface area contributed by atoms with E-state index in [1.165, 1.54) is 0 Å². The van der Waals surface area contributed by atoms with E-state index in [9.17, 15) is 0 Å². The normalized spacial score (nSPS) is 16.2. The van der Waals surface area contributed by atoms with Gasteiger partial charge in [-0.05, 0) is 19.9 Å². The molecule has 2 atom stereocenters. The van der Waals surface area contributed by atoms with Crippen molar-refractivity contribution in [2.45, 2.75) is 38.9 Å². The highest BCUT2D eigenvalue weighted by atomic mass is 28.3. The van der Waals surface area contributed by atoms with Gasteiger partial charge in [0.25, 0.3) is 0 Å². The Kier molecular flexibility index (Phi) is 7.49. The Morgan fingerprint density at radius 3 is 2.23 bits per heavy atom. The van der Waals surface area contributed by atoms with E-state index in [0.717, 1.165) is 6.42 Å². The molecule has 0 aliphatic rings. The third-order valence-electron chi connectivity index (χ3n) is 1.57. The molecule has 0 bridgehead atoms. The molecule has 1 radical (unpaired) electrons. The highest BCUT2D eigenvalue weighted by Gasteiger charge is 2.10. The van der Waals surface area contributed by atoms with E-state index in [-0.39, 0.29) is 12.1 Å². The average molecular weight is 205 g/mol. The minimum absolute atomic E-state index is 0.0726. The molecule has 0 amide bonds. The Morgan fingerprint density at radius 2 is 1.77 bits per heavy atom. The van der Waals surface area contributed by atoms with Crippen molar-refractivity contribution in [3.63, 3.8) is 0 Å². The fourth-order valence-corrected chi connectivity index (χ4v) is 1.66. The molecule has 4 N–H and O–H groups in total. The largest absolute Gasteiger partial charge is 0.392 e. The quantitative estimate of drug-likeness (QED) is 0.583. The maximum Gasteiger partial charge on any atom is 0.381 e. The lowest BCUT2D eigenvalue weighted by atomic mass is 10.3. The number of hydrogen-bond donors (Lipinski definition) is 2. The molecule has 0 aromatic carbocycles. The molecular formula is C8H21N2O2Si. The van der Waals surface area contributed by atoms with Crippen LogP contribution < -0.4 is 11.5 Å². The first kappa shape index (κ1) is 13.1. The van der Waals surface area contributed by atoms with E-state index in [4.69, 9.17) is 20.3 Å². The fourth-order valence-electron chi connectivity index (χ4n) is 0.633. The van der Waals surface area contributed by atoms with E-state index in [1.54, 1.807) is 0 Å². The van der Waals surface area contributed by atoms with Gasteiger partial charge in [-0.1, -0.05) is 6.92 Å². The predicted molar refractivity (Wildman–Crippen MR) is 55.4 cm³/mol. The third kappa shape index (κ3) is 8.39. The lowest BCUT2D eigenvalue weighted by Crippen LogP contribution is -2.33. The molecular weight excluding hydrogens is 184 g/mol. The highest BCUT2D eigenvalue weighted by Crippen LogP contribution is 1.94. The van der Waals surface area contributed by atoms with Crippen LogP contribution in [0.15, 0.2) is 0 Å². The maximum atomic E-state index is 5.69. The molecule has 0 aliphatic carbocycles. The zero-order chi connectivity index (χ0) is 10.3. The first-order valence-electron chi connectivity index (χ1n) is 4.66. The second-order valence-corrected chi connectivity index (χ2v) is 4.82. The second-order valence-electron chi connectivity index (χ2n) is 3.26. The van der Waals surface area contributed by atoms with Gasteiger partial charge in [0, 0.05) is 12.1 Å². The molecule has 5 heteroatoms. The average Bonchev–Trinajstić information content (AvgIpc) is 2.10. The van der Waals surface area contributed by atoms with Crippen LogP contribution in [0.2, 0.25) is 6.55 Å². The Bertz CT molecular complexity index is 125. The van der Waals surface area contributed by atoms with Crippen molar-refractivity contribution in [2.24, 2.45) is 11.5 Å². The van der Waals surface area contributed by atoms with Gasteiger partial charge in [-0.25, -0.2) is 0 Å². The lowest BCUT2D eigenvalue weighted by Gasteiger charge is -2.15. The van der Waals surface area contributed by atoms with Gasteiger partial charge in [-0.3, -0.25) is 0 Å². The molecule has 0 saturated carbocycles. The van der Waals surface area contributed by atoms with Crippen molar-refractivity contribution in [1.29, 1.82) is 0 Å². The lowest BCUT2D eigenvalue weighted by molar-refractivity contribution is 0.184. The molecule has 0 spiro atoms. The van der Waals surface area contributed by atoms with Gasteiger partial charge < -0.3 is 20.3 Å². The molecule has 0 rings (SSSR count). The molecule has 13 heavy (non-hydrogen) atoms. The fraction of sp³-hybridized carbons (Fsp3) is 1.00. The Morgan fingerprint density at radius 1 is 1.23 bits per heavy atom. The van der Waals surface area contributed by atoms with Crippen molar-refractivity contribution in [2.75, 3.05) is 13.2 Å². The highest BCUT2D eigenvalue weighted by molar-refractivity contribution is 6.42. The van der Waals surface area contributed by atoms with Crippen LogP contribution in [0.25, 0.3) is 0 Å². The molecule has 0 aromatic rings. The van der Waals surface area contributed by atoms with Crippen LogP contribution >= 0.6 is 0 Å². The van der Waals surface area contributed by atoms with Crippen LogP contribution in [0.5, 0.6) is 0 Å². The van der Waals surface area contributed by atoms with E-state index >= 15 is 0 Å². The zero-order valence-electron chi connectivity index (χ0n) is 8.75. The minimum atomic E-state index is -1.15. The Hall–Kier alpha value is 0.0569. The van der Waals surface area contributed by atoms with Gasteiger partial charge in [0.1, 0.15) is 0 Å². The van der Waals surface area contributed by atoms with Gasteiger partial charge in [0.2, 0.25) is 0 Å². The van der Waals surface area contributed by atoms with Crippen molar-refractivity contribution >= 4 is 9.28 Å². The molecule has 4 nitrogen and oxygen atoms in total. The molecule has 0 aliphatic heterocycles. The maximum absolute atomic E-state index is 5.69. The van der Waals surface area contributed by atoms with Crippen LogP contribution in [0.3, 0.4) is 0 Å². The van der Waals surface area contributed by atoms with Crippen molar-refractivity contribution < 1.29 is 8.85 Å². The first-order chi connectivity index (χ1) is 6.06. The van der Waals surface area contributed by atoms with Crippen molar-refractivity contribution in [1.82, 2.24) is 0 Å². The standard InChI is InChI=1S/C8H21N2O2Si/c1-4-8(10)6-12-13(3)11-5-7(2)9/h7-8H,4-6,9-10H2,1-3H3. The van der Waals surface area contributed by atoms with E-state index < -0.39 is 9.28 Å². The molecule has 79 valence electrons. The summed E-state index contributed by atoms with van der Waals surface area (Å²) < 4.78 is 10.8. The summed E-state index contributed by atoms with van der Waals surface area (Å²) in [6, 6.07) is 0.197. The first-order valence-corrected chi connectivity index (χ1v) is 6.48. The number of rotatable bonds is 7. The summed E-state index contributed by atoms with van der Waals surface area (Å²) >= 11 is 0. The summed E-state index contributed by atoms with van der Waals surface area (Å²) in [6.45, 7) is 7.05. The summed E-state index contributed by atoms with van der Waals surface area (Å²) in [5.74, 6) is 0. The van der Waals surface area contributed by atoms with Gasteiger partial charge in [0.15, 0.2) is 0 Å². The summed E-state index contributed by atoms with van der Waals surface area (Å²) in [4.78, 5) is 0. The van der Waals surface area contributed by atoms with E-state index in [2.05, 4.69) is 0 Å². The summed E-state index contributed by atoms with van der Waals surface area (Å²) in [7, 11) is -1.15. The smallest absolute Gasteiger partial charge is 0.381 e. The van der Waals surface area contributed by atoms with E-state index in [1.807, 2.05) is 20.4 Å². The number of hydrogen-bond acceptors (Lipinski definition) is 4. The molecule has 2 unspecified atom stereocenters. The summed E-state index contributed by atoms with van der Waals surface area (Å²) in [5.41, 5.74) is 11.2. The third-order valence-corrected chi connectivity index (χ3v) is 2.72. The zero-order valence-corrected chi connectivity index (χ0v) is 9.75. The number of nitrogens with two attached hydrogens (primary N) is 2. The molecule has 0 saturated heterocycles. The van der Waals surface area contributed by atoms with Crippen LogP contribution in [0, 0.1) is 0 Å². The summed E-state index contributed by atoms with van der Waals surface area (Å²) in [6.07, 6.45) is 0.933. The molecule has 0 heterocycles. The molecule has 0 fully saturated rings. The van der Waals surface area contributed by atoms with E-state index in [0.29, 0.717) is 13.2 Å². The van der Waals surface area contributed by atoms with Crippen molar-refractivity contribution in [3.8, 4) is 0 Å². The Labute approximate surface area is 82.4 Å². The van der Waals surface area contributed by atoms with Gasteiger partial charge in [0.05, 0.1) is 13.2 Å². The van der Waals surface area contributed by atoms with Gasteiger partial charge in [-0.15, -0.1) is 0 Å². The van der Waals surface area contributed by atoms with Crippen molar-refractivity contribution in [3.05, 3.63) is 0 Å². The second kappa shape index (κ2) is 7.46. The van der Waals surface area contributed by atoms with Gasteiger partial charge in [-0.2, -0.15) is 0 Å². The minimum Gasteiger partial charge on any atom is -0.392 e. The van der Waals surface area contributed by atoms with Crippen LogP contribution in [-0.4, -0.2) is 34.6 Å². The van der Waals surface area contributed by atoms with Crippen LogP contribution in [0.1, 0.15) is 20.3 Å². The topological polar surface area (TPSA) is 70.5 Å².